The van der Waals surface area contributed by atoms with Gasteiger partial charge in [-0.15, -0.1) is 0 Å². The van der Waals surface area contributed by atoms with Gasteiger partial charge in [-0.2, -0.15) is 0 Å². The number of rotatable bonds is 10. The van der Waals surface area contributed by atoms with Gasteiger partial charge in [0.05, 0.1) is 24.8 Å². The third-order valence-electron chi connectivity index (χ3n) is 3.18. The molecule has 0 aliphatic heterocycles. The van der Waals surface area contributed by atoms with Gasteiger partial charge in [0.2, 0.25) is 0 Å². The fourth-order valence-electron chi connectivity index (χ4n) is 2.22. The molecule has 0 bridgehead atoms. The quantitative estimate of drug-likeness (QED) is 0.690. The molecule has 0 fully saturated rings. The lowest BCUT2D eigenvalue weighted by Crippen LogP contribution is -2.32. The second-order valence-corrected chi connectivity index (χ2v) is 5.72. The van der Waals surface area contributed by atoms with Crippen molar-refractivity contribution in [3.63, 3.8) is 0 Å². The molecule has 1 aromatic rings. The van der Waals surface area contributed by atoms with Crippen molar-refractivity contribution < 1.29 is 14.2 Å². The normalized spacial score (nSPS) is 12.2. The van der Waals surface area contributed by atoms with Crippen molar-refractivity contribution in [2.45, 2.75) is 39.3 Å². The summed E-state index contributed by atoms with van der Waals surface area (Å²) in [5.74, 6) is 1.51. The Morgan fingerprint density at radius 2 is 2.00 bits per heavy atom. The molecule has 120 valence electrons. The number of nitrogens with one attached hydrogen (secondary N) is 1. The standard InChI is InChI=1S/C16H26BrNO3/c1-5-7-13(11-19-3)18-10-12-8-14(17)16(21-6-2)15(9-12)20-4/h8-9,13,18H,5-7,10-11H2,1-4H3. The maximum atomic E-state index is 5.60. The van der Waals surface area contributed by atoms with E-state index >= 15 is 0 Å². The van der Waals surface area contributed by atoms with E-state index in [1.165, 1.54) is 0 Å². The molecular formula is C16H26BrNO3. The lowest BCUT2D eigenvalue weighted by molar-refractivity contribution is 0.161. The van der Waals surface area contributed by atoms with Crippen LogP contribution in [0.5, 0.6) is 11.5 Å². The SMILES string of the molecule is CCCC(COC)NCc1cc(Br)c(OCC)c(OC)c1. The Hall–Kier alpha value is -0.780. The van der Waals surface area contributed by atoms with Crippen molar-refractivity contribution in [1.82, 2.24) is 5.32 Å². The molecule has 0 saturated heterocycles. The van der Waals surface area contributed by atoms with Gasteiger partial charge in [-0.25, -0.2) is 0 Å². The molecule has 1 N–H and O–H groups in total. The Balaban J connectivity index is 2.77. The van der Waals surface area contributed by atoms with Crippen LogP contribution in [0.1, 0.15) is 32.3 Å². The molecule has 5 heteroatoms. The number of methoxy groups -OCH3 is 2. The molecule has 21 heavy (non-hydrogen) atoms. The monoisotopic (exact) mass is 359 g/mol. The number of ether oxygens (including phenoxy) is 3. The predicted molar refractivity (Wildman–Crippen MR) is 89.3 cm³/mol. The van der Waals surface area contributed by atoms with Gasteiger partial charge < -0.3 is 19.5 Å². The molecule has 0 aliphatic rings. The van der Waals surface area contributed by atoms with E-state index in [0.29, 0.717) is 12.6 Å². The maximum absolute atomic E-state index is 5.60. The van der Waals surface area contributed by atoms with E-state index in [4.69, 9.17) is 14.2 Å². The van der Waals surface area contributed by atoms with E-state index in [1.54, 1.807) is 14.2 Å². The average Bonchev–Trinajstić information content (AvgIpc) is 2.47. The molecule has 4 nitrogen and oxygen atoms in total. The minimum Gasteiger partial charge on any atom is -0.493 e. The molecule has 0 spiro atoms. The summed E-state index contributed by atoms with van der Waals surface area (Å²) < 4.78 is 17.2. The molecule has 0 radical (unpaired) electrons. The summed E-state index contributed by atoms with van der Waals surface area (Å²) in [4.78, 5) is 0. The van der Waals surface area contributed by atoms with E-state index in [2.05, 4.69) is 34.2 Å². The molecule has 0 amide bonds. The van der Waals surface area contributed by atoms with E-state index in [1.807, 2.05) is 13.0 Å². The smallest absolute Gasteiger partial charge is 0.175 e. The number of benzene rings is 1. The van der Waals surface area contributed by atoms with Crippen LogP contribution in [0.3, 0.4) is 0 Å². The summed E-state index contributed by atoms with van der Waals surface area (Å²) in [6, 6.07) is 4.45. The van der Waals surface area contributed by atoms with E-state index in [-0.39, 0.29) is 0 Å². The van der Waals surface area contributed by atoms with Crippen LogP contribution in [0, 0.1) is 0 Å². The predicted octanol–water partition coefficient (Wildman–Crippen LogP) is 3.76. The van der Waals surface area contributed by atoms with Crippen LogP contribution < -0.4 is 14.8 Å². The highest BCUT2D eigenvalue weighted by Gasteiger charge is 2.12. The van der Waals surface area contributed by atoms with Crippen molar-refractivity contribution in [3.8, 4) is 11.5 Å². The second-order valence-electron chi connectivity index (χ2n) is 4.86. The zero-order valence-electron chi connectivity index (χ0n) is 13.4. The fraction of sp³-hybridized carbons (Fsp3) is 0.625. The topological polar surface area (TPSA) is 39.7 Å². The van der Waals surface area contributed by atoms with E-state index in [9.17, 15) is 0 Å². The highest BCUT2D eigenvalue weighted by molar-refractivity contribution is 9.10. The maximum Gasteiger partial charge on any atom is 0.175 e. The Morgan fingerprint density at radius 3 is 2.57 bits per heavy atom. The van der Waals surface area contributed by atoms with Gasteiger partial charge >= 0.3 is 0 Å². The summed E-state index contributed by atoms with van der Waals surface area (Å²) in [5.41, 5.74) is 1.15. The first-order valence-electron chi connectivity index (χ1n) is 7.37. The second kappa shape index (κ2) is 10.0. The molecule has 0 heterocycles. The minimum absolute atomic E-state index is 0.372. The van der Waals surface area contributed by atoms with Gasteiger partial charge in [0.15, 0.2) is 11.5 Å². The minimum atomic E-state index is 0.372. The lowest BCUT2D eigenvalue weighted by atomic mass is 10.1. The van der Waals surface area contributed by atoms with Crippen LogP contribution in [0.2, 0.25) is 0 Å². The van der Waals surface area contributed by atoms with Gasteiger partial charge in [-0.1, -0.05) is 13.3 Å². The van der Waals surface area contributed by atoms with Crippen molar-refractivity contribution >= 4 is 15.9 Å². The molecule has 1 aromatic carbocycles. The molecule has 1 atom stereocenters. The van der Waals surface area contributed by atoms with Crippen molar-refractivity contribution in [3.05, 3.63) is 22.2 Å². The van der Waals surface area contributed by atoms with Crippen LogP contribution in [-0.4, -0.2) is 33.5 Å². The Kier molecular flexibility index (Phi) is 8.73. The number of hydrogen-bond donors (Lipinski definition) is 1. The average molecular weight is 360 g/mol. The lowest BCUT2D eigenvalue weighted by Gasteiger charge is -2.18. The van der Waals surface area contributed by atoms with Gasteiger partial charge in [0.1, 0.15) is 0 Å². The van der Waals surface area contributed by atoms with Crippen molar-refractivity contribution in [2.24, 2.45) is 0 Å². The zero-order valence-corrected chi connectivity index (χ0v) is 15.0. The molecule has 0 aliphatic carbocycles. The van der Waals surface area contributed by atoms with Crippen molar-refractivity contribution in [2.75, 3.05) is 27.4 Å². The van der Waals surface area contributed by atoms with Crippen LogP contribution in [0.15, 0.2) is 16.6 Å². The molecule has 0 saturated carbocycles. The van der Waals surface area contributed by atoms with Gasteiger partial charge in [0.25, 0.3) is 0 Å². The first-order valence-corrected chi connectivity index (χ1v) is 8.17. The van der Waals surface area contributed by atoms with Gasteiger partial charge in [-0.3, -0.25) is 0 Å². The summed E-state index contributed by atoms with van der Waals surface area (Å²) >= 11 is 3.55. The fourth-order valence-corrected chi connectivity index (χ4v) is 2.82. The highest BCUT2D eigenvalue weighted by Crippen LogP contribution is 2.36. The first-order chi connectivity index (χ1) is 10.2. The highest BCUT2D eigenvalue weighted by atomic mass is 79.9. The summed E-state index contributed by atoms with van der Waals surface area (Å²) in [7, 11) is 3.40. The molecule has 1 rings (SSSR count). The van der Waals surface area contributed by atoms with Crippen LogP contribution >= 0.6 is 15.9 Å². The third kappa shape index (κ3) is 5.85. The third-order valence-corrected chi connectivity index (χ3v) is 3.77. The zero-order chi connectivity index (χ0) is 15.7. The molecule has 0 aromatic heterocycles. The summed E-state index contributed by atoms with van der Waals surface area (Å²) in [6.07, 6.45) is 2.24. The van der Waals surface area contributed by atoms with Crippen LogP contribution in [0.4, 0.5) is 0 Å². The van der Waals surface area contributed by atoms with Crippen molar-refractivity contribution in [1.29, 1.82) is 0 Å². The Morgan fingerprint density at radius 1 is 1.24 bits per heavy atom. The number of hydrogen-bond acceptors (Lipinski definition) is 4. The van der Waals surface area contributed by atoms with Crippen LogP contribution in [0.25, 0.3) is 0 Å². The number of halogens is 1. The largest absolute Gasteiger partial charge is 0.493 e. The molecular weight excluding hydrogens is 334 g/mol. The summed E-state index contributed by atoms with van der Waals surface area (Å²) in [5, 5.41) is 3.53. The Labute approximate surface area is 136 Å². The van der Waals surface area contributed by atoms with Gasteiger partial charge in [-0.05, 0) is 47.0 Å². The van der Waals surface area contributed by atoms with Crippen LogP contribution in [-0.2, 0) is 11.3 Å². The Bertz CT molecular complexity index is 420. The first kappa shape index (κ1) is 18.3. The van der Waals surface area contributed by atoms with Gasteiger partial charge in [0, 0.05) is 19.7 Å². The van der Waals surface area contributed by atoms with E-state index in [0.717, 1.165) is 47.5 Å². The van der Waals surface area contributed by atoms with E-state index < -0.39 is 0 Å². The summed E-state index contributed by atoms with van der Waals surface area (Å²) in [6.45, 7) is 6.25. The molecule has 1 unspecified atom stereocenters.